The van der Waals surface area contributed by atoms with Gasteiger partial charge in [0, 0.05) is 30.4 Å². The SMILES string of the molecule is CCNC(=O)c1cn(Cc2ccccc2)cc(C(=O)NCc2ccc(Cl)s2)c1=O. The van der Waals surface area contributed by atoms with Crippen LogP contribution in [0.1, 0.15) is 38.1 Å². The molecular formula is C21H20ClN3O3S. The quantitative estimate of drug-likeness (QED) is 0.604. The van der Waals surface area contributed by atoms with Crippen LogP contribution in [0, 0.1) is 0 Å². The summed E-state index contributed by atoms with van der Waals surface area (Å²) in [7, 11) is 0. The van der Waals surface area contributed by atoms with Crippen molar-refractivity contribution in [2.75, 3.05) is 6.54 Å². The predicted octanol–water partition coefficient (Wildman–Crippen LogP) is 3.29. The number of pyridine rings is 1. The summed E-state index contributed by atoms with van der Waals surface area (Å²) in [6, 6.07) is 13.1. The number of carbonyl (C=O) groups is 2. The van der Waals surface area contributed by atoms with Crippen LogP contribution in [0.2, 0.25) is 4.34 Å². The van der Waals surface area contributed by atoms with Gasteiger partial charge < -0.3 is 15.2 Å². The van der Waals surface area contributed by atoms with Crippen LogP contribution in [0.25, 0.3) is 0 Å². The highest BCUT2D eigenvalue weighted by Crippen LogP contribution is 2.21. The molecule has 2 N–H and O–H groups in total. The third kappa shape index (κ3) is 5.34. The second-order valence-corrected chi connectivity index (χ2v) is 8.12. The zero-order chi connectivity index (χ0) is 20.8. The van der Waals surface area contributed by atoms with E-state index < -0.39 is 17.2 Å². The van der Waals surface area contributed by atoms with E-state index in [4.69, 9.17) is 11.6 Å². The normalized spacial score (nSPS) is 10.6. The minimum absolute atomic E-state index is 0.0606. The molecule has 0 radical (unpaired) electrons. The molecule has 150 valence electrons. The smallest absolute Gasteiger partial charge is 0.257 e. The van der Waals surface area contributed by atoms with Crippen molar-refractivity contribution in [1.82, 2.24) is 15.2 Å². The average molecular weight is 430 g/mol. The monoisotopic (exact) mass is 429 g/mol. The van der Waals surface area contributed by atoms with Crippen LogP contribution >= 0.6 is 22.9 Å². The van der Waals surface area contributed by atoms with E-state index in [1.54, 1.807) is 17.6 Å². The molecule has 0 fully saturated rings. The van der Waals surface area contributed by atoms with Crippen LogP contribution in [0.5, 0.6) is 0 Å². The van der Waals surface area contributed by atoms with Crippen molar-refractivity contribution in [3.05, 3.63) is 91.0 Å². The predicted molar refractivity (Wildman–Crippen MR) is 115 cm³/mol. The molecule has 29 heavy (non-hydrogen) atoms. The first-order valence-electron chi connectivity index (χ1n) is 9.06. The molecule has 0 saturated carbocycles. The lowest BCUT2D eigenvalue weighted by Gasteiger charge is -2.12. The van der Waals surface area contributed by atoms with Crippen LogP contribution in [0.15, 0.2) is 59.7 Å². The number of amides is 2. The van der Waals surface area contributed by atoms with Crippen LogP contribution < -0.4 is 16.1 Å². The maximum absolute atomic E-state index is 12.8. The summed E-state index contributed by atoms with van der Waals surface area (Å²) in [6.07, 6.45) is 2.96. The number of rotatable bonds is 7. The fourth-order valence-electron chi connectivity index (χ4n) is 2.81. The maximum Gasteiger partial charge on any atom is 0.257 e. The third-order valence-corrected chi connectivity index (χ3v) is 5.40. The zero-order valence-corrected chi connectivity index (χ0v) is 17.3. The van der Waals surface area contributed by atoms with Crippen LogP contribution in [0.3, 0.4) is 0 Å². The van der Waals surface area contributed by atoms with E-state index in [1.807, 2.05) is 36.4 Å². The minimum atomic E-state index is -0.595. The molecule has 2 amide bonds. The van der Waals surface area contributed by atoms with Gasteiger partial charge in [0.05, 0.1) is 10.9 Å². The molecule has 0 bridgehead atoms. The molecule has 0 spiro atoms. The van der Waals surface area contributed by atoms with Crippen LogP contribution in [-0.2, 0) is 13.1 Å². The Hall–Kier alpha value is -2.90. The average Bonchev–Trinajstić information content (AvgIpc) is 3.13. The summed E-state index contributed by atoms with van der Waals surface area (Å²) in [5, 5.41) is 5.35. The maximum atomic E-state index is 12.8. The van der Waals surface area contributed by atoms with Gasteiger partial charge in [0.15, 0.2) is 0 Å². The Morgan fingerprint density at radius 3 is 2.24 bits per heavy atom. The molecule has 3 aromatic rings. The highest BCUT2D eigenvalue weighted by Gasteiger charge is 2.19. The van der Waals surface area contributed by atoms with Gasteiger partial charge in [0.1, 0.15) is 11.1 Å². The first kappa shape index (κ1) is 20.8. The molecule has 0 atom stereocenters. The molecule has 8 heteroatoms. The molecule has 0 aliphatic rings. The Morgan fingerprint density at radius 1 is 1.00 bits per heavy atom. The number of nitrogens with one attached hydrogen (secondary N) is 2. The van der Waals surface area contributed by atoms with Crippen LogP contribution in [0.4, 0.5) is 0 Å². The number of hydrogen-bond acceptors (Lipinski definition) is 4. The second kappa shape index (κ2) is 9.54. The minimum Gasteiger partial charge on any atom is -0.352 e. The number of nitrogens with zero attached hydrogens (tertiary/aromatic N) is 1. The highest BCUT2D eigenvalue weighted by atomic mass is 35.5. The van der Waals surface area contributed by atoms with Gasteiger partial charge in [-0.25, -0.2) is 0 Å². The number of aromatic nitrogens is 1. The highest BCUT2D eigenvalue weighted by molar-refractivity contribution is 7.16. The summed E-state index contributed by atoms with van der Waals surface area (Å²) < 4.78 is 2.30. The fourth-order valence-corrected chi connectivity index (χ4v) is 3.83. The summed E-state index contributed by atoms with van der Waals surface area (Å²) in [6.45, 7) is 2.82. The summed E-state index contributed by atoms with van der Waals surface area (Å²) in [4.78, 5) is 38.7. The molecule has 2 aromatic heterocycles. The zero-order valence-electron chi connectivity index (χ0n) is 15.8. The van der Waals surface area contributed by atoms with E-state index in [1.165, 1.54) is 23.7 Å². The molecule has 2 heterocycles. The first-order valence-corrected chi connectivity index (χ1v) is 10.3. The number of halogens is 1. The Labute approximate surface area is 177 Å². The van der Waals surface area contributed by atoms with Crippen LogP contribution in [-0.4, -0.2) is 22.9 Å². The van der Waals surface area contributed by atoms with E-state index in [-0.39, 0.29) is 17.7 Å². The molecular weight excluding hydrogens is 410 g/mol. The van der Waals surface area contributed by atoms with Crippen molar-refractivity contribution in [2.24, 2.45) is 0 Å². The number of carbonyl (C=O) groups excluding carboxylic acids is 2. The van der Waals surface area contributed by atoms with E-state index in [0.717, 1.165) is 10.4 Å². The van der Waals surface area contributed by atoms with Crippen molar-refractivity contribution in [3.8, 4) is 0 Å². The summed E-state index contributed by atoms with van der Waals surface area (Å²) in [5.41, 5.74) is 0.251. The van der Waals surface area contributed by atoms with Gasteiger partial charge in [-0.15, -0.1) is 11.3 Å². The third-order valence-electron chi connectivity index (χ3n) is 4.17. The molecule has 3 rings (SSSR count). The Morgan fingerprint density at radius 2 is 1.66 bits per heavy atom. The molecule has 6 nitrogen and oxygen atoms in total. The van der Waals surface area contributed by atoms with E-state index >= 15 is 0 Å². The first-order chi connectivity index (χ1) is 14.0. The van der Waals surface area contributed by atoms with Gasteiger partial charge >= 0.3 is 0 Å². The van der Waals surface area contributed by atoms with Gasteiger partial charge in [-0.05, 0) is 24.6 Å². The van der Waals surface area contributed by atoms with E-state index in [9.17, 15) is 14.4 Å². The topological polar surface area (TPSA) is 80.2 Å². The second-order valence-electron chi connectivity index (χ2n) is 6.32. The summed E-state index contributed by atoms with van der Waals surface area (Å²) >= 11 is 7.26. The van der Waals surface area contributed by atoms with Gasteiger partial charge in [0.2, 0.25) is 5.43 Å². The lowest BCUT2D eigenvalue weighted by atomic mass is 10.1. The Bertz CT molecular complexity index is 1080. The standard InChI is InChI=1S/C21H20ClN3O3S/c1-2-23-20(27)16-12-25(11-14-6-4-3-5-7-14)13-17(19(16)26)21(28)24-10-15-8-9-18(22)29-15/h3-9,12-13H,2,10-11H2,1H3,(H,23,27)(H,24,28). The van der Waals surface area contributed by atoms with Gasteiger partial charge in [-0.1, -0.05) is 41.9 Å². The number of thiophene rings is 1. The van der Waals surface area contributed by atoms with Crippen molar-refractivity contribution < 1.29 is 9.59 Å². The Balaban J connectivity index is 1.91. The lowest BCUT2D eigenvalue weighted by Crippen LogP contribution is -2.35. The van der Waals surface area contributed by atoms with Gasteiger partial charge in [-0.3, -0.25) is 14.4 Å². The van der Waals surface area contributed by atoms with Crippen molar-refractivity contribution in [2.45, 2.75) is 20.0 Å². The molecule has 0 aliphatic carbocycles. The molecule has 0 unspecified atom stereocenters. The largest absolute Gasteiger partial charge is 0.352 e. The molecule has 0 aliphatic heterocycles. The number of hydrogen-bond donors (Lipinski definition) is 2. The van der Waals surface area contributed by atoms with Gasteiger partial charge in [-0.2, -0.15) is 0 Å². The van der Waals surface area contributed by atoms with Crippen molar-refractivity contribution in [3.63, 3.8) is 0 Å². The molecule has 0 saturated heterocycles. The summed E-state index contributed by atoms with van der Waals surface area (Å²) in [5.74, 6) is -1.04. The fraction of sp³-hybridized carbons (Fsp3) is 0.190. The van der Waals surface area contributed by atoms with E-state index in [2.05, 4.69) is 10.6 Å². The lowest BCUT2D eigenvalue weighted by molar-refractivity contribution is 0.0949. The Kier molecular flexibility index (Phi) is 6.85. The molecule has 1 aromatic carbocycles. The van der Waals surface area contributed by atoms with Gasteiger partial charge in [0.25, 0.3) is 11.8 Å². The van der Waals surface area contributed by atoms with Crippen molar-refractivity contribution >= 4 is 34.8 Å². The van der Waals surface area contributed by atoms with Crippen molar-refractivity contribution in [1.29, 1.82) is 0 Å². The number of benzene rings is 1. The van der Waals surface area contributed by atoms with E-state index in [0.29, 0.717) is 17.4 Å².